The first-order valence-electron chi connectivity index (χ1n) is 6.84. The zero-order chi connectivity index (χ0) is 16.8. The number of aryl methyl sites for hydroxylation is 1. The van der Waals surface area contributed by atoms with Crippen LogP contribution in [0.3, 0.4) is 0 Å². The van der Waals surface area contributed by atoms with Crippen molar-refractivity contribution in [1.82, 2.24) is 0 Å². The molecule has 0 saturated carbocycles. The fraction of sp³-hybridized carbons (Fsp3) is 0.111. The summed E-state index contributed by atoms with van der Waals surface area (Å²) in [5.41, 5.74) is 0.990. The van der Waals surface area contributed by atoms with E-state index in [0.717, 1.165) is 6.08 Å². The van der Waals surface area contributed by atoms with E-state index in [9.17, 15) is 9.59 Å². The first kappa shape index (κ1) is 16.3. The molecule has 2 rings (SSSR count). The number of esters is 2. The summed E-state index contributed by atoms with van der Waals surface area (Å²) in [6, 6.07) is 11.4. The number of carbonyl (C=O) groups is 2. The Balaban J connectivity index is 2.14. The number of hydrogen-bond acceptors (Lipinski definition) is 5. The Hall–Kier alpha value is -3.08. The van der Waals surface area contributed by atoms with E-state index in [2.05, 4.69) is 6.58 Å². The molecule has 0 spiro atoms. The summed E-state index contributed by atoms with van der Waals surface area (Å²) in [6.45, 7) is 5.06. The quantitative estimate of drug-likeness (QED) is 0.481. The molecule has 0 heterocycles. The number of ether oxygens (including phenoxy) is 3. The van der Waals surface area contributed by atoms with Crippen molar-refractivity contribution < 1.29 is 23.8 Å². The highest BCUT2D eigenvalue weighted by atomic mass is 16.5. The Morgan fingerprint density at radius 2 is 1.78 bits per heavy atom. The van der Waals surface area contributed by atoms with Crippen molar-refractivity contribution in [2.24, 2.45) is 0 Å². The highest BCUT2D eigenvalue weighted by Crippen LogP contribution is 2.22. The fourth-order valence-electron chi connectivity index (χ4n) is 1.87. The molecule has 2 aromatic carbocycles. The second kappa shape index (κ2) is 7.26. The Morgan fingerprint density at radius 1 is 1.04 bits per heavy atom. The number of carbonyl (C=O) groups excluding carboxylic acids is 2. The van der Waals surface area contributed by atoms with Gasteiger partial charge in [0, 0.05) is 12.1 Å². The molecule has 0 saturated heterocycles. The van der Waals surface area contributed by atoms with E-state index in [0.29, 0.717) is 28.4 Å². The van der Waals surface area contributed by atoms with Gasteiger partial charge in [-0.05, 0) is 42.8 Å². The van der Waals surface area contributed by atoms with Crippen molar-refractivity contribution in [3.05, 3.63) is 66.2 Å². The van der Waals surface area contributed by atoms with Crippen LogP contribution >= 0.6 is 0 Å². The van der Waals surface area contributed by atoms with E-state index in [1.54, 1.807) is 43.3 Å². The number of methoxy groups -OCH3 is 1. The standard InChI is InChI=1S/C18H16O5/c1-4-17(19)23-16-9-8-13(10-12(16)2)18(20)22-15-7-5-6-14(11-15)21-3/h4-11H,1H2,2-3H3. The monoisotopic (exact) mass is 312 g/mol. The van der Waals surface area contributed by atoms with Crippen molar-refractivity contribution in [2.75, 3.05) is 7.11 Å². The van der Waals surface area contributed by atoms with Crippen LogP contribution in [0.25, 0.3) is 0 Å². The van der Waals surface area contributed by atoms with Crippen LogP contribution in [0.2, 0.25) is 0 Å². The minimum Gasteiger partial charge on any atom is -0.497 e. The molecule has 0 aliphatic carbocycles. The van der Waals surface area contributed by atoms with Crippen LogP contribution < -0.4 is 14.2 Å². The van der Waals surface area contributed by atoms with Gasteiger partial charge in [-0.1, -0.05) is 12.6 Å². The zero-order valence-corrected chi connectivity index (χ0v) is 12.9. The van der Waals surface area contributed by atoms with Crippen molar-refractivity contribution in [3.8, 4) is 17.2 Å². The minimum atomic E-state index is -0.556. The lowest BCUT2D eigenvalue weighted by atomic mass is 10.1. The molecule has 0 radical (unpaired) electrons. The molecule has 0 aliphatic rings. The van der Waals surface area contributed by atoms with E-state index in [-0.39, 0.29) is 0 Å². The largest absolute Gasteiger partial charge is 0.497 e. The predicted octanol–water partition coefficient (Wildman–Crippen LogP) is 3.31. The van der Waals surface area contributed by atoms with Crippen LogP contribution in [0.4, 0.5) is 0 Å². The van der Waals surface area contributed by atoms with Gasteiger partial charge in [0.1, 0.15) is 17.2 Å². The van der Waals surface area contributed by atoms with Gasteiger partial charge in [0.25, 0.3) is 0 Å². The van der Waals surface area contributed by atoms with Crippen molar-refractivity contribution >= 4 is 11.9 Å². The van der Waals surface area contributed by atoms with Crippen LogP contribution in [-0.4, -0.2) is 19.0 Å². The molecule has 0 aliphatic heterocycles. The first-order valence-corrected chi connectivity index (χ1v) is 6.84. The smallest absolute Gasteiger partial charge is 0.343 e. The highest BCUT2D eigenvalue weighted by molar-refractivity contribution is 5.91. The maximum absolute atomic E-state index is 12.2. The lowest BCUT2D eigenvalue weighted by Gasteiger charge is -2.09. The molecular weight excluding hydrogens is 296 g/mol. The van der Waals surface area contributed by atoms with Gasteiger partial charge in [-0.25, -0.2) is 9.59 Å². The van der Waals surface area contributed by atoms with Crippen LogP contribution in [0.5, 0.6) is 17.2 Å². The third-order valence-electron chi connectivity index (χ3n) is 3.04. The predicted molar refractivity (Wildman–Crippen MR) is 85.0 cm³/mol. The summed E-state index contributed by atoms with van der Waals surface area (Å²) in [5.74, 6) is 0.280. The Morgan fingerprint density at radius 3 is 2.43 bits per heavy atom. The van der Waals surface area contributed by atoms with E-state index in [1.165, 1.54) is 13.2 Å². The van der Waals surface area contributed by atoms with E-state index >= 15 is 0 Å². The Kier molecular flexibility index (Phi) is 5.15. The van der Waals surface area contributed by atoms with Gasteiger partial charge in [0.15, 0.2) is 0 Å². The van der Waals surface area contributed by atoms with Gasteiger partial charge in [-0.2, -0.15) is 0 Å². The molecule has 5 heteroatoms. The molecular formula is C18H16O5. The number of hydrogen-bond donors (Lipinski definition) is 0. The SMILES string of the molecule is C=CC(=O)Oc1ccc(C(=O)Oc2cccc(OC)c2)cc1C. The molecule has 5 nitrogen and oxygen atoms in total. The summed E-state index contributed by atoms with van der Waals surface area (Å²) in [7, 11) is 1.54. The highest BCUT2D eigenvalue weighted by Gasteiger charge is 2.12. The van der Waals surface area contributed by atoms with Crippen LogP contribution in [0, 0.1) is 6.92 Å². The third-order valence-corrected chi connectivity index (χ3v) is 3.04. The van der Waals surface area contributed by atoms with Crippen molar-refractivity contribution in [2.45, 2.75) is 6.92 Å². The van der Waals surface area contributed by atoms with Crippen LogP contribution in [-0.2, 0) is 4.79 Å². The third kappa shape index (κ3) is 4.20. The molecule has 0 fully saturated rings. The van der Waals surface area contributed by atoms with E-state index < -0.39 is 11.9 Å². The van der Waals surface area contributed by atoms with E-state index in [4.69, 9.17) is 14.2 Å². The summed E-state index contributed by atoms with van der Waals surface area (Å²) in [4.78, 5) is 23.4. The molecule has 0 amide bonds. The molecule has 0 unspecified atom stereocenters. The molecule has 2 aromatic rings. The summed E-state index contributed by atoms with van der Waals surface area (Å²) in [5, 5.41) is 0. The lowest BCUT2D eigenvalue weighted by molar-refractivity contribution is -0.129. The van der Waals surface area contributed by atoms with Gasteiger partial charge in [-0.3, -0.25) is 0 Å². The van der Waals surface area contributed by atoms with Gasteiger partial charge in [0.05, 0.1) is 12.7 Å². The molecule has 0 atom stereocenters. The van der Waals surface area contributed by atoms with Gasteiger partial charge in [0.2, 0.25) is 0 Å². The fourth-order valence-corrected chi connectivity index (χ4v) is 1.87. The first-order chi connectivity index (χ1) is 11.0. The Labute approximate surface area is 134 Å². The van der Waals surface area contributed by atoms with Crippen LogP contribution in [0.15, 0.2) is 55.1 Å². The van der Waals surface area contributed by atoms with Crippen molar-refractivity contribution in [3.63, 3.8) is 0 Å². The van der Waals surface area contributed by atoms with E-state index in [1.807, 2.05) is 0 Å². The van der Waals surface area contributed by atoms with Crippen LogP contribution in [0.1, 0.15) is 15.9 Å². The Bertz CT molecular complexity index is 749. The lowest BCUT2D eigenvalue weighted by Crippen LogP contribution is -2.10. The van der Waals surface area contributed by atoms with Gasteiger partial charge in [-0.15, -0.1) is 0 Å². The molecule has 0 aromatic heterocycles. The maximum Gasteiger partial charge on any atom is 0.343 e. The average molecular weight is 312 g/mol. The molecule has 23 heavy (non-hydrogen) atoms. The molecule has 0 N–H and O–H groups in total. The number of rotatable bonds is 5. The summed E-state index contributed by atoms with van der Waals surface area (Å²) in [6.07, 6.45) is 1.07. The molecule has 118 valence electrons. The molecule has 0 bridgehead atoms. The summed E-state index contributed by atoms with van der Waals surface area (Å²) >= 11 is 0. The van der Waals surface area contributed by atoms with Crippen molar-refractivity contribution in [1.29, 1.82) is 0 Å². The average Bonchev–Trinajstić information content (AvgIpc) is 2.56. The zero-order valence-electron chi connectivity index (χ0n) is 12.9. The van der Waals surface area contributed by atoms with Gasteiger partial charge >= 0.3 is 11.9 Å². The second-order valence-corrected chi connectivity index (χ2v) is 4.67. The second-order valence-electron chi connectivity index (χ2n) is 4.67. The minimum absolute atomic E-state index is 0.351. The topological polar surface area (TPSA) is 61.8 Å². The van der Waals surface area contributed by atoms with Gasteiger partial charge < -0.3 is 14.2 Å². The number of benzene rings is 2. The summed E-state index contributed by atoms with van der Waals surface area (Å²) < 4.78 is 15.4. The normalized spacial score (nSPS) is 9.83. The maximum atomic E-state index is 12.2.